The van der Waals surface area contributed by atoms with Crippen molar-refractivity contribution in [3.05, 3.63) is 39.4 Å². The summed E-state index contributed by atoms with van der Waals surface area (Å²) in [5.41, 5.74) is 1.42. The van der Waals surface area contributed by atoms with Crippen LogP contribution >= 0.6 is 23.2 Å². The molecule has 0 bridgehead atoms. The summed E-state index contributed by atoms with van der Waals surface area (Å²) in [6.07, 6.45) is 0.703. The molecule has 0 saturated carbocycles. The van der Waals surface area contributed by atoms with Gasteiger partial charge in [-0.25, -0.2) is 14.4 Å². The van der Waals surface area contributed by atoms with Crippen LogP contribution in [0.5, 0.6) is 0 Å². The SMILES string of the molecule is CCc1nc(NC)c(C)c(Nc2cc(Cl)c(F)c(Cl)c2)n1. The average Bonchev–Trinajstić information content (AvgIpc) is 2.46. The van der Waals surface area contributed by atoms with E-state index in [0.717, 1.165) is 11.4 Å². The number of hydrogen-bond acceptors (Lipinski definition) is 4. The Balaban J connectivity index is 2.43. The minimum atomic E-state index is -0.631. The Kier molecular flexibility index (Phi) is 4.85. The molecule has 21 heavy (non-hydrogen) atoms. The molecule has 2 rings (SSSR count). The first kappa shape index (κ1) is 15.8. The molecular weight excluding hydrogens is 314 g/mol. The Morgan fingerprint density at radius 2 is 1.71 bits per heavy atom. The minimum Gasteiger partial charge on any atom is -0.373 e. The molecule has 0 unspecified atom stereocenters. The van der Waals surface area contributed by atoms with Crippen LogP contribution in [-0.4, -0.2) is 17.0 Å². The Bertz CT molecular complexity index is 653. The van der Waals surface area contributed by atoms with Gasteiger partial charge in [0.25, 0.3) is 0 Å². The highest BCUT2D eigenvalue weighted by Gasteiger charge is 2.12. The normalized spacial score (nSPS) is 10.6. The van der Waals surface area contributed by atoms with Gasteiger partial charge in [-0.3, -0.25) is 0 Å². The third-order valence-corrected chi connectivity index (χ3v) is 3.54. The molecular formula is C14H15Cl2FN4. The quantitative estimate of drug-likeness (QED) is 0.806. The molecule has 0 saturated heterocycles. The minimum absolute atomic E-state index is 0.0405. The molecule has 0 aliphatic heterocycles. The Labute approximate surface area is 132 Å². The number of nitrogens with one attached hydrogen (secondary N) is 2. The molecule has 4 nitrogen and oxygen atoms in total. The topological polar surface area (TPSA) is 49.8 Å². The number of anilines is 3. The zero-order chi connectivity index (χ0) is 15.6. The molecule has 0 fully saturated rings. The number of halogens is 3. The first-order valence-corrected chi connectivity index (χ1v) is 7.18. The molecule has 0 aliphatic carbocycles. The van der Waals surface area contributed by atoms with Crippen LogP contribution in [0.2, 0.25) is 10.0 Å². The molecule has 2 aromatic rings. The smallest absolute Gasteiger partial charge is 0.160 e. The van der Waals surface area contributed by atoms with Crippen molar-refractivity contribution in [1.29, 1.82) is 0 Å². The van der Waals surface area contributed by atoms with Crippen molar-refractivity contribution in [2.45, 2.75) is 20.3 Å². The highest BCUT2D eigenvalue weighted by molar-refractivity contribution is 6.35. The number of benzene rings is 1. The number of aryl methyl sites for hydroxylation is 1. The lowest BCUT2D eigenvalue weighted by atomic mass is 10.2. The first-order valence-electron chi connectivity index (χ1n) is 6.43. The number of hydrogen-bond donors (Lipinski definition) is 2. The lowest BCUT2D eigenvalue weighted by molar-refractivity contribution is 0.629. The third kappa shape index (κ3) is 3.36. The molecule has 0 atom stereocenters. The fraction of sp³-hybridized carbons (Fsp3) is 0.286. The maximum atomic E-state index is 13.4. The molecule has 1 heterocycles. The maximum Gasteiger partial charge on any atom is 0.160 e. The maximum absolute atomic E-state index is 13.4. The fourth-order valence-corrected chi connectivity index (χ4v) is 2.34. The van der Waals surface area contributed by atoms with Crippen LogP contribution in [0.25, 0.3) is 0 Å². The second-order valence-electron chi connectivity index (χ2n) is 4.44. The van der Waals surface area contributed by atoms with E-state index in [2.05, 4.69) is 20.6 Å². The van der Waals surface area contributed by atoms with Crippen LogP contribution in [0.15, 0.2) is 12.1 Å². The first-order chi connectivity index (χ1) is 9.96. The highest BCUT2D eigenvalue weighted by atomic mass is 35.5. The lowest BCUT2D eigenvalue weighted by Crippen LogP contribution is -2.07. The van der Waals surface area contributed by atoms with E-state index in [1.54, 1.807) is 7.05 Å². The van der Waals surface area contributed by atoms with Gasteiger partial charge in [-0.15, -0.1) is 0 Å². The van der Waals surface area contributed by atoms with Crippen LogP contribution in [0, 0.1) is 12.7 Å². The Hall–Kier alpha value is -1.59. The average molecular weight is 329 g/mol. The lowest BCUT2D eigenvalue weighted by Gasteiger charge is -2.14. The number of nitrogens with zero attached hydrogens (tertiary/aromatic N) is 2. The number of rotatable bonds is 4. The summed E-state index contributed by atoms with van der Waals surface area (Å²) in [6, 6.07) is 2.93. The third-order valence-electron chi connectivity index (χ3n) is 2.99. The molecule has 1 aromatic carbocycles. The van der Waals surface area contributed by atoms with E-state index in [1.807, 2.05) is 13.8 Å². The van der Waals surface area contributed by atoms with Gasteiger partial charge in [0.15, 0.2) is 5.82 Å². The van der Waals surface area contributed by atoms with E-state index < -0.39 is 5.82 Å². The van der Waals surface area contributed by atoms with Crippen molar-refractivity contribution in [3.8, 4) is 0 Å². The van der Waals surface area contributed by atoms with E-state index in [-0.39, 0.29) is 10.0 Å². The summed E-state index contributed by atoms with van der Waals surface area (Å²) in [4.78, 5) is 8.82. The van der Waals surface area contributed by atoms with Gasteiger partial charge in [-0.05, 0) is 19.1 Å². The van der Waals surface area contributed by atoms with Gasteiger partial charge in [-0.2, -0.15) is 0 Å². The molecule has 0 spiro atoms. The van der Waals surface area contributed by atoms with E-state index in [4.69, 9.17) is 23.2 Å². The summed E-state index contributed by atoms with van der Waals surface area (Å²) in [6.45, 7) is 3.86. The van der Waals surface area contributed by atoms with Crippen LogP contribution < -0.4 is 10.6 Å². The van der Waals surface area contributed by atoms with Crippen LogP contribution in [0.4, 0.5) is 21.7 Å². The molecule has 7 heteroatoms. The van der Waals surface area contributed by atoms with Gasteiger partial charge in [-0.1, -0.05) is 30.1 Å². The summed E-state index contributed by atoms with van der Waals surface area (Å²) >= 11 is 11.6. The Morgan fingerprint density at radius 1 is 1.14 bits per heavy atom. The zero-order valence-corrected chi connectivity index (χ0v) is 13.4. The van der Waals surface area contributed by atoms with Crippen molar-refractivity contribution in [2.24, 2.45) is 0 Å². The van der Waals surface area contributed by atoms with E-state index in [0.29, 0.717) is 23.8 Å². The van der Waals surface area contributed by atoms with Crippen LogP contribution in [0.1, 0.15) is 18.3 Å². The summed E-state index contributed by atoms with van der Waals surface area (Å²) < 4.78 is 13.4. The molecule has 112 valence electrons. The van der Waals surface area contributed by atoms with Gasteiger partial charge < -0.3 is 10.6 Å². The van der Waals surface area contributed by atoms with Crippen LogP contribution in [0.3, 0.4) is 0 Å². The summed E-state index contributed by atoms with van der Waals surface area (Å²) in [5.74, 6) is 1.44. The standard InChI is InChI=1S/C14H15Cl2FN4/c1-4-11-20-13(18-3)7(2)14(21-11)19-8-5-9(15)12(17)10(16)6-8/h5-6H,4H2,1-3H3,(H2,18,19,20,21). The van der Waals surface area contributed by atoms with Crippen molar-refractivity contribution in [2.75, 3.05) is 17.7 Å². The van der Waals surface area contributed by atoms with E-state index in [1.165, 1.54) is 12.1 Å². The summed E-state index contributed by atoms with van der Waals surface area (Å²) in [5, 5.41) is 6.05. The molecule has 0 amide bonds. The second kappa shape index (κ2) is 6.45. The predicted octanol–water partition coefficient (Wildman–Crippen LogP) is 4.58. The molecule has 0 aliphatic rings. The summed E-state index contributed by atoms with van der Waals surface area (Å²) in [7, 11) is 1.80. The molecule has 1 aromatic heterocycles. The van der Waals surface area contributed by atoms with Gasteiger partial charge in [0.1, 0.15) is 17.5 Å². The second-order valence-corrected chi connectivity index (χ2v) is 5.26. The van der Waals surface area contributed by atoms with E-state index >= 15 is 0 Å². The predicted molar refractivity (Wildman–Crippen MR) is 85.4 cm³/mol. The zero-order valence-electron chi connectivity index (χ0n) is 11.9. The van der Waals surface area contributed by atoms with E-state index in [9.17, 15) is 4.39 Å². The van der Waals surface area contributed by atoms with Gasteiger partial charge >= 0.3 is 0 Å². The van der Waals surface area contributed by atoms with Crippen molar-refractivity contribution in [1.82, 2.24) is 9.97 Å². The van der Waals surface area contributed by atoms with Crippen molar-refractivity contribution in [3.63, 3.8) is 0 Å². The largest absolute Gasteiger partial charge is 0.373 e. The Morgan fingerprint density at radius 3 is 2.24 bits per heavy atom. The highest BCUT2D eigenvalue weighted by Crippen LogP contribution is 2.30. The fourth-order valence-electron chi connectivity index (χ4n) is 1.85. The van der Waals surface area contributed by atoms with Gasteiger partial charge in [0, 0.05) is 24.7 Å². The number of aromatic nitrogens is 2. The molecule has 2 N–H and O–H groups in total. The van der Waals surface area contributed by atoms with Gasteiger partial charge in [0.2, 0.25) is 0 Å². The molecule has 0 radical (unpaired) electrons. The van der Waals surface area contributed by atoms with Crippen LogP contribution in [-0.2, 0) is 6.42 Å². The van der Waals surface area contributed by atoms with Gasteiger partial charge in [0.05, 0.1) is 10.0 Å². The van der Waals surface area contributed by atoms with Crippen molar-refractivity contribution >= 4 is 40.5 Å². The monoisotopic (exact) mass is 328 g/mol. The van der Waals surface area contributed by atoms with Crippen molar-refractivity contribution < 1.29 is 4.39 Å².